The van der Waals surface area contributed by atoms with E-state index in [4.69, 9.17) is 10.5 Å². The summed E-state index contributed by atoms with van der Waals surface area (Å²) in [5.74, 6) is 1.37. The van der Waals surface area contributed by atoms with Gasteiger partial charge in [-0.1, -0.05) is 6.92 Å². The summed E-state index contributed by atoms with van der Waals surface area (Å²) in [6.07, 6.45) is 0.935. The summed E-state index contributed by atoms with van der Waals surface area (Å²) in [6, 6.07) is 5.87. The molecule has 0 spiro atoms. The lowest BCUT2D eigenvalue weighted by molar-refractivity contribution is 0.307. The van der Waals surface area contributed by atoms with Crippen LogP contribution in [0, 0.1) is 0 Å². The van der Waals surface area contributed by atoms with Crippen molar-refractivity contribution in [1.82, 2.24) is 4.98 Å². The molecular weight excluding hydrogens is 338 g/mol. The van der Waals surface area contributed by atoms with Crippen LogP contribution in [0.4, 0.5) is 11.5 Å². The highest BCUT2D eigenvalue weighted by atomic mass is 79.9. The molecule has 2 aromatic heterocycles. The van der Waals surface area contributed by atoms with Gasteiger partial charge in [0.1, 0.15) is 5.82 Å². The van der Waals surface area contributed by atoms with Crippen molar-refractivity contribution < 1.29 is 4.74 Å². The fourth-order valence-corrected chi connectivity index (χ4v) is 2.95. The molecule has 0 radical (unpaired) electrons. The Morgan fingerprint density at radius 3 is 2.90 bits per heavy atom. The Labute approximate surface area is 131 Å². The lowest BCUT2D eigenvalue weighted by Gasteiger charge is -2.19. The van der Waals surface area contributed by atoms with Crippen LogP contribution in [0.3, 0.4) is 0 Å². The van der Waals surface area contributed by atoms with Crippen LogP contribution in [0.2, 0.25) is 0 Å². The topological polar surface area (TPSA) is 51.4 Å². The zero-order valence-corrected chi connectivity index (χ0v) is 14.0. The minimum Gasteiger partial charge on any atom is -0.476 e. The highest BCUT2D eigenvalue weighted by Crippen LogP contribution is 2.25. The van der Waals surface area contributed by atoms with Crippen LogP contribution in [0.5, 0.6) is 5.88 Å². The number of nitrogen functional groups attached to an aromatic ring is 1. The van der Waals surface area contributed by atoms with Crippen LogP contribution in [0.15, 0.2) is 27.4 Å². The number of nitrogens with two attached hydrogens (primary N) is 1. The van der Waals surface area contributed by atoms with E-state index in [9.17, 15) is 0 Å². The van der Waals surface area contributed by atoms with E-state index in [1.54, 1.807) is 11.3 Å². The maximum Gasteiger partial charge on any atom is 0.239 e. The van der Waals surface area contributed by atoms with Gasteiger partial charge in [0.2, 0.25) is 5.88 Å². The summed E-state index contributed by atoms with van der Waals surface area (Å²) < 4.78 is 6.70. The normalized spacial score (nSPS) is 10.6. The predicted octanol–water partition coefficient (Wildman–Crippen LogP) is 3.91. The zero-order valence-electron chi connectivity index (χ0n) is 11.6. The van der Waals surface area contributed by atoms with Crippen molar-refractivity contribution in [3.05, 3.63) is 32.9 Å². The van der Waals surface area contributed by atoms with E-state index in [-0.39, 0.29) is 0 Å². The summed E-state index contributed by atoms with van der Waals surface area (Å²) >= 11 is 5.16. The highest BCUT2D eigenvalue weighted by Gasteiger charge is 2.09. The third kappa shape index (κ3) is 3.86. The number of halogens is 1. The molecule has 0 bridgehead atoms. The predicted molar refractivity (Wildman–Crippen MR) is 88.6 cm³/mol. The monoisotopic (exact) mass is 355 g/mol. The molecule has 2 N–H and O–H groups in total. The summed E-state index contributed by atoms with van der Waals surface area (Å²) in [4.78, 5) is 6.56. The Balaban J connectivity index is 2.10. The number of anilines is 2. The maximum absolute atomic E-state index is 5.88. The molecule has 0 amide bonds. The lowest BCUT2D eigenvalue weighted by atomic mass is 10.3. The Hall–Kier alpha value is -1.27. The Kier molecular flexibility index (Phi) is 5.25. The number of thiophene rings is 1. The van der Waals surface area contributed by atoms with Gasteiger partial charge in [0.15, 0.2) is 0 Å². The smallest absolute Gasteiger partial charge is 0.239 e. The Morgan fingerprint density at radius 1 is 1.45 bits per heavy atom. The van der Waals surface area contributed by atoms with Crippen LogP contribution < -0.4 is 15.4 Å². The largest absolute Gasteiger partial charge is 0.476 e. The molecule has 0 aliphatic carbocycles. The fourth-order valence-electron chi connectivity index (χ4n) is 1.75. The minimum absolute atomic E-state index is 0.516. The first-order chi connectivity index (χ1) is 9.60. The summed E-state index contributed by atoms with van der Waals surface area (Å²) in [5, 5.41) is 2.13. The van der Waals surface area contributed by atoms with Crippen molar-refractivity contribution in [3.8, 4) is 5.88 Å². The number of hydrogen-bond donors (Lipinski definition) is 1. The van der Waals surface area contributed by atoms with Crippen LogP contribution in [-0.4, -0.2) is 18.6 Å². The standard InChI is InChI=1S/C14H18BrN3OS/c1-3-6-19-14-11(16)4-5-13(17-14)18(2)8-10-7-12(15)20-9-10/h4-5,7,9H,3,6,8,16H2,1-2H3. The van der Waals surface area contributed by atoms with Gasteiger partial charge < -0.3 is 15.4 Å². The molecule has 2 aromatic rings. The van der Waals surface area contributed by atoms with Crippen molar-refractivity contribution in [1.29, 1.82) is 0 Å². The van der Waals surface area contributed by atoms with E-state index in [0.717, 1.165) is 22.6 Å². The van der Waals surface area contributed by atoms with E-state index in [1.165, 1.54) is 5.56 Å². The van der Waals surface area contributed by atoms with E-state index in [1.807, 2.05) is 19.2 Å². The second-order valence-corrected chi connectivity index (χ2v) is 6.82. The molecule has 4 nitrogen and oxygen atoms in total. The van der Waals surface area contributed by atoms with Crippen molar-refractivity contribution in [3.63, 3.8) is 0 Å². The number of nitrogens with zero attached hydrogens (tertiary/aromatic N) is 2. The summed E-state index contributed by atoms with van der Waals surface area (Å²) in [5.41, 5.74) is 7.70. The highest BCUT2D eigenvalue weighted by molar-refractivity contribution is 9.11. The first-order valence-corrected chi connectivity index (χ1v) is 8.10. The minimum atomic E-state index is 0.516. The van der Waals surface area contributed by atoms with Gasteiger partial charge in [0.05, 0.1) is 16.1 Å². The van der Waals surface area contributed by atoms with Gasteiger partial charge in [-0.05, 0) is 51.5 Å². The van der Waals surface area contributed by atoms with Crippen LogP contribution in [-0.2, 0) is 6.54 Å². The Bertz CT molecular complexity index is 573. The molecule has 0 saturated carbocycles. The second kappa shape index (κ2) is 6.95. The van der Waals surface area contributed by atoms with Crippen LogP contribution in [0.25, 0.3) is 0 Å². The zero-order chi connectivity index (χ0) is 14.5. The van der Waals surface area contributed by atoms with Gasteiger partial charge in [0.25, 0.3) is 0 Å². The lowest BCUT2D eigenvalue weighted by Crippen LogP contribution is -2.17. The van der Waals surface area contributed by atoms with Gasteiger partial charge in [-0.2, -0.15) is 4.98 Å². The van der Waals surface area contributed by atoms with Crippen molar-refractivity contribution in [2.24, 2.45) is 0 Å². The van der Waals surface area contributed by atoms with E-state index < -0.39 is 0 Å². The molecular formula is C14H18BrN3OS. The third-order valence-electron chi connectivity index (χ3n) is 2.75. The molecule has 2 heterocycles. The van der Waals surface area contributed by atoms with Crippen molar-refractivity contribution >= 4 is 38.8 Å². The average Bonchev–Trinajstić information content (AvgIpc) is 2.83. The first-order valence-electron chi connectivity index (χ1n) is 6.43. The molecule has 2 rings (SSSR count). The van der Waals surface area contributed by atoms with Crippen molar-refractivity contribution in [2.45, 2.75) is 19.9 Å². The molecule has 0 atom stereocenters. The molecule has 108 valence electrons. The van der Waals surface area contributed by atoms with Gasteiger partial charge in [0, 0.05) is 13.6 Å². The third-order valence-corrected chi connectivity index (χ3v) is 4.30. The molecule has 0 aliphatic rings. The number of hydrogen-bond acceptors (Lipinski definition) is 5. The van der Waals surface area contributed by atoms with Gasteiger partial charge in [-0.15, -0.1) is 11.3 Å². The van der Waals surface area contributed by atoms with E-state index in [0.29, 0.717) is 18.2 Å². The molecule has 0 unspecified atom stereocenters. The summed E-state index contributed by atoms with van der Waals surface area (Å²) in [6.45, 7) is 3.48. The van der Waals surface area contributed by atoms with Crippen molar-refractivity contribution in [2.75, 3.05) is 24.3 Å². The summed E-state index contributed by atoms with van der Waals surface area (Å²) in [7, 11) is 2.01. The number of rotatable bonds is 6. The SMILES string of the molecule is CCCOc1nc(N(C)Cc2csc(Br)c2)ccc1N. The van der Waals surface area contributed by atoms with E-state index in [2.05, 4.69) is 44.2 Å². The van der Waals surface area contributed by atoms with E-state index >= 15 is 0 Å². The number of ether oxygens (including phenoxy) is 1. The maximum atomic E-state index is 5.88. The van der Waals surface area contributed by atoms with Gasteiger partial charge in [-0.3, -0.25) is 0 Å². The molecule has 0 fully saturated rings. The van der Waals surface area contributed by atoms with Crippen LogP contribution >= 0.6 is 27.3 Å². The second-order valence-electron chi connectivity index (χ2n) is 4.53. The van der Waals surface area contributed by atoms with Gasteiger partial charge >= 0.3 is 0 Å². The van der Waals surface area contributed by atoms with Crippen LogP contribution in [0.1, 0.15) is 18.9 Å². The number of pyridine rings is 1. The fraction of sp³-hybridized carbons (Fsp3) is 0.357. The molecule has 0 saturated heterocycles. The molecule has 0 aliphatic heterocycles. The number of aromatic nitrogens is 1. The quantitative estimate of drug-likeness (QED) is 0.853. The molecule has 20 heavy (non-hydrogen) atoms. The Morgan fingerprint density at radius 2 is 2.25 bits per heavy atom. The average molecular weight is 356 g/mol. The first kappa shape index (κ1) is 15.1. The van der Waals surface area contributed by atoms with Gasteiger partial charge in [-0.25, -0.2) is 0 Å². The molecule has 6 heteroatoms. The molecule has 0 aromatic carbocycles.